The van der Waals surface area contributed by atoms with Crippen LogP contribution in [-0.2, 0) is 9.53 Å². The minimum atomic E-state index is 0.112. The molecule has 0 spiro atoms. The summed E-state index contributed by atoms with van der Waals surface area (Å²) < 4.78 is 5.23. The summed E-state index contributed by atoms with van der Waals surface area (Å²) in [5.41, 5.74) is 5.34. The number of carbonyl (C=O) groups excluding carboxylic acids is 1. The van der Waals surface area contributed by atoms with Gasteiger partial charge in [-0.1, -0.05) is 103 Å². The van der Waals surface area contributed by atoms with Crippen molar-refractivity contribution in [3.05, 3.63) is 0 Å². The first-order valence-electron chi connectivity index (χ1n) is 13.6. The molecular formula is C26H55N3O2. The average Bonchev–Trinajstić information content (AvgIpc) is 2.77. The molecule has 0 heterocycles. The number of hydrogen-bond acceptors (Lipinski definition) is 4. The van der Waals surface area contributed by atoms with Crippen LogP contribution in [0.2, 0.25) is 0 Å². The van der Waals surface area contributed by atoms with E-state index in [1.807, 2.05) is 0 Å². The Kier molecular flexibility index (Phi) is 26.8. The fourth-order valence-electron chi connectivity index (χ4n) is 3.83. The van der Waals surface area contributed by atoms with Crippen molar-refractivity contribution >= 4 is 5.91 Å². The van der Waals surface area contributed by atoms with Crippen LogP contribution in [0.3, 0.4) is 0 Å². The molecule has 0 aliphatic rings. The Balaban J connectivity index is 3.08. The van der Waals surface area contributed by atoms with Crippen molar-refractivity contribution in [2.75, 3.05) is 39.4 Å². The molecule has 0 rings (SSSR count). The second-order valence-electron chi connectivity index (χ2n) is 8.91. The third-order valence-electron chi connectivity index (χ3n) is 5.80. The van der Waals surface area contributed by atoms with Gasteiger partial charge in [-0.05, 0) is 25.9 Å². The smallest absolute Gasteiger partial charge is 0.220 e. The molecule has 5 heteroatoms. The van der Waals surface area contributed by atoms with E-state index >= 15 is 0 Å². The number of carbonyl (C=O) groups is 1. The van der Waals surface area contributed by atoms with Crippen LogP contribution in [0.4, 0.5) is 0 Å². The third-order valence-corrected chi connectivity index (χ3v) is 5.80. The number of nitrogens with one attached hydrogen (secondary N) is 2. The van der Waals surface area contributed by atoms with Crippen molar-refractivity contribution in [3.8, 4) is 0 Å². The Labute approximate surface area is 194 Å². The minimum Gasteiger partial charge on any atom is -0.378 e. The summed E-state index contributed by atoms with van der Waals surface area (Å²) in [6.45, 7) is 6.49. The van der Waals surface area contributed by atoms with Crippen LogP contribution in [0.5, 0.6) is 0 Å². The van der Waals surface area contributed by atoms with Crippen LogP contribution in [0.25, 0.3) is 0 Å². The SMILES string of the molecule is CCCCCCCCCCCCCCCCCCNCCCC(=O)NCCOCCN. The van der Waals surface area contributed by atoms with Gasteiger partial charge in [0.2, 0.25) is 5.91 Å². The van der Waals surface area contributed by atoms with E-state index in [1.165, 1.54) is 103 Å². The van der Waals surface area contributed by atoms with E-state index in [-0.39, 0.29) is 5.91 Å². The Morgan fingerprint density at radius 1 is 0.645 bits per heavy atom. The molecule has 0 aromatic heterocycles. The fraction of sp³-hybridized carbons (Fsp3) is 0.962. The quantitative estimate of drug-likeness (QED) is 0.150. The zero-order valence-electron chi connectivity index (χ0n) is 20.9. The Morgan fingerprint density at radius 2 is 1.13 bits per heavy atom. The van der Waals surface area contributed by atoms with E-state index in [9.17, 15) is 4.79 Å². The van der Waals surface area contributed by atoms with Gasteiger partial charge in [0.15, 0.2) is 0 Å². The predicted molar refractivity (Wildman–Crippen MR) is 135 cm³/mol. The normalized spacial score (nSPS) is 11.2. The van der Waals surface area contributed by atoms with Gasteiger partial charge in [-0.15, -0.1) is 0 Å². The highest BCUT2D eigenvalue weighted by Crippen LogP contribution is 2.13. The second kappa shape index (κ2) is 27.4. The number of rotatable bonds is 26. The molecule has 4 N–H and O–H groups in total. The van der Waals surface area contributed by atoms with E-state index in [1.54, 1.807) is 0 Å². The molecular weight excluding hydrogens is 386 g/mol. The van der Waals surface area contributed by atoms with Crippen LogP contribution in [-0.4, -0.2) is 45.3 Å². The van der Waals surface area contributed by atoms with Gasteiger partial charge in [0.25, 0.3) is 0 Å². The first kappa shape index (κ1) is 30.4. The van der Waals surface area contributed by atoms with Crippen molar-refractivity contribution in [3.63, 3.8) is 0 Å². The largest absolute Gasteiger partial charge is 0.378 e. The van der Waals surface area contributed by atoms with Gasteiger partial charge >= 0.3 is 0 Å². The van der Waals surface area contributed by atoms with Gasteiger partial charge < -0.3 is 21.1 Å². The summed E-state index contributed by atoms with van der Waals surface area (Å²) in [5, 5.41) is 6.33. The second-order valence-corrected chi connectivity index (χ2v) is 8.91. The van der Waals surface area contributed by atoms with E-state index in [0.29, 0.717) is 32.7 Å². The summed E-state index contributed by atoms with van der Waals surface area (Å²) in [6.07, 6.45) is 24.0. The Bertz CT molecular complexity index is 354. The van der Waals surface area contributed by atoms with Gasteiger partial charge in [0, 0.05) is 19.5 Å². The van der Waals surface area contributed by atoms with Crippen LogP contribution >= 0.6 is 0 Å². The maximum absolute atomic E-state index is 11.6. The van der Waals surface area contributed by atoms with Crippen LogP contribution in [0.15, 0.2) is 0 Å². The molecule has 0 bridgehead atoms. The molecule has 186 valence electrons. The van der Waals surface area contributed by atoms with Gasteiger partial charge in [-0.2, -0.15) is 0 Å². The molecule has 1 amide bonds. The first-order chi connectivity index (χ1) is 15.3. The minimum absolute atomic E-state index is 0.112. The molecule has 0 saturated heterocycles. The van der Waals surface area contributed by atoms with Crippen molar-refractivity contribution in [1.82, 2.24) is 10.6 Å². The van der Waals surface area contributed by atoms with E-state index in [2.05, 4.69) is 17.6 Å². The summed E-state index contributed by atoms with van der Waals surface area (Å²) in [6, 6.07) is 0. The molecule has 0 unspecified atom stereocenters. The highest BCUT2D eigenvalue weighted by atomic mass is 16.5. The standard InChI is InChI=1S/C26H55N3O2/c1-2-3-4-5-6-7-8-9-10-11-12-13-14-15-16-17-21-28-22-18-19-26(30)29-23-25-31-24-20-27/h28H,2-25,27H2,1H3,(H,29,30). The summed E-state index contributed by atoms with van der Waals surface area (Å²) in [5.74, 6) is 0.112. The van der Waals surface area contributed by atoms with Crippen molar-refractivity contribution in [2.45, 2.75) is 122 Å². The number of nitrogens with two attached hydrogens (primary N) is 1. The lowest BCUT2D eigenvalue weighted by atomic mass is 10.0. The Hall–Kier alpha value is -0.650. The molecule has 0 aliphatic heterocycles. The fourth-order valence-corrected chi connectivity index (χ4v) is 3.83. The van der Waals surface area contributed by atoms with Crippen LogP contribution in [0.1, 0.15) is 122 Å². The molecule has 0 aromatic rings. The van der Waals surface area contributed by atoms with E-state index in [4.69, 9.17) is 10.5 Å². The lowest BCUT2D eigenvalue weighted by molar-refractivity contribution is -0.121. The topological polar surface area (TPSA) is 76.4 Å². The highest BCUT2D eigenvalue weighted by Gasteiger charge is 2.00. The van der Waals surface area contributed by atoms with Crippen molar-refractivity contribution < 1.29 is 9.53 Å². The molecule has 0 aromatic carbocycles. The van der Waals surface area contributed by atoms with Gasteiger partial charge in [-0.25, -0.2) is 0 Å². The Morgan fingerprint density at radius 3 is 1.65 bits per heavy atom. The predicted octanol–water partition coefficient (Wildman–Crippen LogP) is 5.71. The van der Waals surface area contributed by atoms with E-state index < -0.39 is 0 Å². The molecule has 0 saturated carbocycles. The third kappa shape index (κ3) is 27.3. The average molecular weight is 442 g/mol. The number of unbranched alkanes of at least 4 members (excludes halogenated alkanes) is 15. The molecule has 5 nitrogen and oxygen atoms in total. The molecule has 31 heavy (non-hydrogen) atoms. The van der Waals surface area contributed by atoms with Crippen molar-refractivity contribution in [1.29, 1.82) is 0 Å². The van der Waals surface area contributed by atoms with Gasteiger partial charge in [-0.3, -0.25) is 4.79 Å². The van der Waals surface area contributed by atoms with Crippen LogP contribution in [0, 0.1) is 0 Å². The first-order valence-corrected chi connectivity index (χ1v) is 13.6. The summed E-state index contributed by atoms with van der Waals surface area (Å²) in [7, 11) is 0. The lowest BCUT2D eigenvalue weighted by Gasteiger charge is -2.07. The van der Waals surface area contributed by atoms with Crippen molar-refractivity contribution in [2.24, 2.45) is 5.73 Å². The zero-order chi connectivity index (χ0) is 22.7. The molecule has 0 atom stereocenters. The zero-order valence-corrected chi connectivity index (χ0v) is 20.9. The van der Waals surface area contributed by atoms with Gasteiger partial charge in [0.1, 0.15) is 0 Å². The number of ether oxygens (including phenoxy) is 1. The summed E-state index contributed by atoms with van der Waals surface area (Å²) >= 11 is 0. The van der Waals surface area contributed by atoms with Gasteiger partial charge in [0.05, 0.1) is 13.2 Å². The van der Waals surface area contributed by atoms with E-state index in [0.717, 1.165) is 19.5 Å². The van der Waals surface area contributed by atoms with Crippen LogP contribution < -0.4 is 16.4 Å². The lowest BCUT2D eigenvalue weighted by Crippen LogP contribution is -2.28. The monoisotopic (exact) mass is 441 g/mol. The maximum Gasteiger partial charge on any atom is 0.220 e. The molecule has 0 aliphatic carbocycles. The maximum atomic E-state index is 11.6. The molecule has 0 fully saturated rings. The summed E-state index contributed by atoms with van der Waals surface area (Å²) in [4.78, 5) is 11.6. The highest BCUT2D eigenvalue weighted by molar-refractivity contribution is 5.75. The number of hydrogen-bond donors (Lipinski definition) is 3. The number of amides is 1. The molecule has 0 radical (unpaired) electrons.